The number of benzene rings is 2. The van der Waals surface area contributed by atoms with Gasteiger partial charge in [0.25, 0.3) is 6.02 Å². The number of aromatic amines is 1. The molecule has 2 aromatic carbocycles. The van der Waals surface area contributed by atoms with Crippen LogP contribution in [0, 0.1) is 17.0 Å². The van der Waals surface area contributed by atoms with Gasteiger partial charge >= 0.3 is 0 Å². The van der Waals surface area contributed by atoms with Crippen molar-refractivity contribution in [3.63, 3.8) is 0 Å². The number of aliphatic hydroxyl groups is 1. The summed E-state index contributed by atoms with van der Waals surface area (Å²) < 4.78 is 46.5. The normalized spacial score (nSPS) is 17.4. The topological polar surface area (TPSA) is 101 Å². The molecule has 3 N–H and O–H groups in total. The number of rotatable bonds is 6. The molecule has 3 heterocycles. The number of anilines is 1. The summed E-state index contributed by atoms with van der Waals surface area (Å²) >= 11 is 0. The van der Waals surface area contributed by atoms with Crippen molar-refractivity contribution in [2.75, 3.05) is 32.2 Å². The summed E-state index contributed by atoms with van der Waals surface area (Å²) in [6.07, 6.45) is 3.26. The molecule has 1 aliphatic rings. The quantitative estimate of drug-likeness (QED) is 0.345. The number of H-pyrrole nitrogens is 1. The third kappa shape index (κ3) is 4.55. The maximum atomic E-state index is 15.0. The number of aliphatic imine (C=N–C) groups is 1. The molecular weight excluding hydrogens is 470 g/mol. The van der Waals surface area contributed by atoms with Crippen LogP contribution < -0.4 is 14.8 Å². The fraction of sp³-hybridized carbons (Fsp3) is 0.231. The molecule has 0 fully saturated rings. The van der Waals surface area contributed by atoms with Crippen molar-refractivity contribution in [1.29, 1.82) is 0 Å². The van der Waals surface area contributed by atoms with Gasteiger partial charge in [-0.3, -0.25) is 0 Å². The minimum absolute atomic E-state index is 0.0807. The van der Waals surface area contributed by atoms with E-state index in [1.165, 1.54) is 6.20 Å². The number of pyridine rings is 1. The third-order valence-electron chi connectivity index (χ3n) is 5.94. The van der Waals surface area contributed by atoms with Gasteiger partial charge in [-0.05, 0) is 23.8 Å². The molecule has 0 spiro atoms. The molecule has 8 nitrogen and oxygen atoms in total. The minimum Gasteiger partial charge on any atom is -0.497 e. The smallest absolute Gasteiger partial charge is 0.289 e. The van der Waals surface area contributed by atoms with E-state index >= 15 is 8.78 Å². The molecule has 0 aliphatic carbocycles. The van der Waals surface area contributed by atoms with Gasteiger partial charge in [0.1, 0.15) is 23.8 Å². The van der Waals surface area contributed by atoms with E-state index in [4.69, 9.17) is 14.2 Å². The Morgan fingerprint density at radius 2 is 1.92 bits per heavy atom. The number of halogens is 2. The largest absolute Gasteiger partial charge is 0.497 e. The van der Waals surface area contributed by atoms with Crippen molar-refractivity contribution in [2.45, 2.75) is 6.92 Å². The number of methoxy groups -OCH3 is 1. The van der Waals surface area contributed by atoms with Crippen LogP contribution in [0.5, 0.6) is 17.2 Å². The second kappa shape index (κ2) is 9.46. The lowest BCUT2D eigenvalue weighted by Gasteiger charge is -2.30. The lowest BCUT2D eigenvalue weighted by atomic mass is 9.93. The SMILES string of the molecule is COc1ccc(-c2c[nH]c3nccc(Oc4c(F)cc(NC5=NCC(C)(CO)CO5)cc4F)c23)cc1. The molecule has 0 saturated carbocycles. The van der Waals surface area contributed by atoms with Crippen LogP contribution in [0.25, 0.3) is 22.2 Å². The van der Waals surface area contributed by atoms with Crippen LogP contribution in [-0.2, 0) is 4.74 Å². The molecule has 2 aromatic heterocycles. The third-order valence-corrected chi connectivity index (χ3v) is 5.94. The Morgan fingerprint density at radius 3 is 2.56 bits per heavy atom. The highest BCUT2D eigenvalue weighted by Crippen LogP contribution is 2.39. The van der Waals surface area contributed by atoms with Crippen molar-refractivity contribution in [3.05, 3.63) is 66.5 Å². The monoisotopic (exact) mass is 494 g/mol. The van der Waals surface area contributed by atoms with E-state index in [1.807, 2.05) is 31.2 Å². The molecule has 0 saturated heterocycles. The molecule has 0 bridgehead atoms. The zero-order valence-corrected chi connectivity index (χ0v) is 19.6. The van der Waals surface area contributed by atoms with Crippen LogP contribution in [0.2, 0.25) is 0 Å². The van der Waals surface area contributed by atoms with E-state index < -0.39 is 22.8 Å². The maximum absolute atomic E-state index is 15.0. The lowest BCUT2D eigenvalue weighted by molar-refractivity contribution is 0.0706. The Bertz CT molecular complexity index is 1410. The van der Waals surface area contributed by atoms with Gasteiger partial charge in [-0.2, -0.15) is 0 Å². The van der Waals surface area contributed by atoms with Gasteiger partial charge < -0.3 is 29.6 Å². The highest BCUT2D eigenvalue weighted by Gasteiger charge is 2.29. The second-order valence-corrected chi connectivity index (χ2v) is 8.84. The molecule has 5 rings (SSSR count). The number of hydrogen-bond acceptors (Lipinski definition) is 7. The van der Waals surface area contributed by atoms with Crippen molar-refractivity contribution in [3.8, 4) is 28.4 Å². The Hall–Kier alpha value is -4.18. The summed E-state index contributed by atoms with van der Waals surface area (Å²) in [6.45, 7) is 2.30. The zero-order chi connectivity index (χ0) is 25.3. The van der Waals surface area contributed by atoms with E-state index in [-0.39, 0.29) is 30.7 Å². The number of hydrogen-bond donors (Lipinski definition) is 3. The van der Waals surface area contributed by atoms with Gasteiger partial charge in [0, 0.05) is 41.2 Å². The van der Waals surface area contributed by atoms with Gasteiger partial charge in [0.05, 0.1) is 25.6 Å². The molecule has 10 heteroatoms. The van der Waals surface area contributed by atoms with Crippen LogP contribution in [0.15, 0.2) is 59.9 Å². The molecule has 0 radical (unpaired) electrons. The van der Waals surface area contributed by atoms with Gasteiger partial charge in [0.15, 0.2) is 17.4 Å². The van der Waals surface area contributed by atoms with Crippen LogP contribution in [0.3, 0.4) is 0 Å². The standard InChI is InChI=1S/C26H24F2N4O4/c1-26(13-33)12-31-25(35-14-26)32-16-9-19(27)23(20(28)10-16)36-21-7-8-29-24-22(21)18(11-30-24)15-3-5-17(34-2)6-4-15/h3-11,33H,12-14H2,1-2H3,(H,29,30)(H,31,32). The number of amidine groups is 1. The Kier molecular flexibility index (Phi) is 6.19. The summed E-state index contributed by atoms with van der Waals surface area (Å²) in [4.78, 5) is 11.6. The Balaban J connectivity index is 1.43. The van der Waals surface area contributed by atoms with Gasteiger partial charge in [-0.15, -0.1) is 0 Å². The molecular formula is C26H24F2N4O4. The highest BCUT2D eigenvalue weighted by atomic mass is 19.1. The average Bonchev–Trinajstić information content (AvgIpc) is 3.33. The number of nitrogens with one attached hydrogen (secondary N) is 2. The van der Waals surface area contributed by atoms with Crippen molar-refractivity contribution in [2.24, 2.45) is 10.4 Å². The van der Waals surface area contributed by atoms with Crippen LogP contribution >= 0.6 is 0 Å². The zero-order valence-electron chi connectivity index (χ0n) is 19.6. The molecule has 186 valence electrons. The van der Waals surface area contributed by atoms with Crippen LogP contribution in [0.1, 0.15) is 6.92 Å². The molecule has 4 aromatic rings. The number of fused-ring (bicyclic) bond motifs is 1. The number of nitrogens with zero attached hydrogens (tertiary/aromatic N) is 2. The summed E-state index contributed by atoms with van der Waals surface area (Å²) in [5.74, 6) is -1.40. The number of ether oxygens (including phenoxy) is 3. The van der Waals surface area contributed by atoms with E-state index in [2.05, 4.69) is 20.3 Å². The minimum atomic E-state index is -0.902. The Labute approximate surface area is 205 Å². The van der Waals surface area contributed by atoms with Gasteiger partial charge in [-0.25, -0.2) is 18.8 Å². The first kappa shape index (κ1) is 23.6. The predicted octanol–water partition coefficient (Wildman–Crippen LogP) is 5.11. The summed E-state index contributed by atoms with van der Waals surface area (Å²) in [5, 5.41) is 12.8. The lowest BCUT2D eigenvalue weighted by Crippen LogP contribution is -2.38. The summed E-state index contributed by atoms with van der Waals surface area (Å²) in [6, 6.07) is 11.3. The van der Waals surface area contributed by atoms with Gasteiger partial charge in [0.2, 0.25) is 0 Å². The number of aliphatic hydroxyl groups excluding tert-OH is 1. The van der Waals surface area contributed by atoms with E-state index in [0.29, 0.717) is 23.3 Å². The first-order chi connectivity index (χ1) is 17.4. The van der Waals surface area contributed by atoms with Crippen molar-refractivity contribution in [1.82, 2.24) is 9.97 Å². The highest BCUT2D eigenvalue weighted by molar-refractivity contribution is 5.98. The second-order valence-electron chi connectivity index (χ2n) is 8.84. The van der Waals surface area contributed by atoms with Crippen molar-refractivity contribution < 1.29 is 28.1 Å². The summed E-state index contributed by atoms with van der Waals surface area (Å²) in [7, 11) is 1.59. The fourth-order valence-electron chi connectivity index (χ4n) is 3.84. The van der Waals surface area contributed by atoms with Gasteiger partial charge in [-0.1, -0.05) is 19.1 Å². The van der Waals surface area contributed by atoms with E-state index in [0.717, 1.165) is 23.3 Å². The average molecular weight is 494 g/mol. The molecule has 0 amide bonds. The molecule has 1 unspecified atom stereocenters. The van der Waals surface area contributed by atoms with E-state index in [9.17, 15) is 5.11 Å². The van der Waals surface area contributed by atoms with Crippen LogP contribution in [0.4, 0.5) is 14.5 Å². The fourth-order valence-corrected chi connectivity index (χ4v) is 3.84. The van der Waals surface area contributed by atoms with Crippen LogP contribution in [-0.4, -0.2) is 48.0 Å². The van der Waals surface area contributed by atoms with Crippen molar-refractivity contribution >= 4 is 22.7 Å². The maximum Gasteiger partial charge on any atom is 0.289 e. The first-order valence-corrected chi connectivity index (χ1v) is 11.2. The summed E-state index contributed by atoms with van der Waals surface area (Å²) in [5.41, 5.74) is 1.75. The molecule has 36 heavy (non-hydrogen) atoms. The van der Waals surface area contributed by atoms with E-state index in [1.54, 1.807) is 19.4 Å². The molecule has 1 atom stereocenters. The molecule has 1 aliphatic heterocycles. The Morgan fingerprint density at radius 1 is 1.17 bits per heavy atom. The number of aromatic nitrogens is 2. The predicted molar refractivity (Wildman–Crippen MR) is 132 cm³/mol. The first-order valence-electron chi connectivity index (χ1n) is 11.2.